The van der Waals surface area contributed by atoms with Gasteiger partial charge in [0.2, 0.25) is 11.1 Å². The SMILES string of the molecule is CNC(=O)CCCSc1nnnn1CC(=O)OC. The van der Waals surface area contributed by atoms with E-state index in [2.05, 4.69) is 25.6 Å². The van der Waals surface area contributed by atoms with Crippen LogP contribution in [0.3, 0.4) is 0 Å². The lowest BCUT2D eigenvalue weighted by atomic mass is 10.3. The Hall–Kier alpha value is -1.64. The second kappa shape index (κ2) is 7.64. The number of carbonyl (C=O) groups is 2. The number of aromatic nitrogens is 4. The first-order valence-electron chi connectivity index (χ1n) is 5.33. The van der Waals surface area contributed by atoms with E-state index in [1.54, 1.807) is 7.05 Å². The maximum atomic E-state index is 11.1. The van der Waals surface area contributed by atoms with E-state index in [0.717, 1.165) is 6.42 Å². The van der Waals surface area contributed by atoms with Gasteiger partial charge in [-0.3, -0.25) is 9.59 Å². The van der Waals surface area contributed by atoms with Crippen molar-refractivity contribution in [3.05, 3.63) is 0 Å². The monoisotopic (exact) mass is 273 g/mol. The first kappa shape index (κ1) is 14.4. The first-order chi connectivity index (χ1) is 8.67. The molecule has 1 N–H and O–H groups in total. The van der Waals surface area contributed by atoms with Crippen LogP contribution in [0.15, 0.2) is 5.16 Å². The number of ether oxygens (including phenoxy) is 1. The number of amides is 1. The summed E-state index contributed by atoms with van der Waals surface area (Å²) in [6.45, 7) is -0.0126. The highest BCUT2D eigenvalue weighted by Gasteiger charge is 2.11. The Morgan fingerprint density at radius 3 is 2.94 bits per heavy atom. The molecule has 0 aliphatic heterocycles. The first-order valence-corrected chi connectivity index (χ1v) is 6.32. The Labute approximate surface area is 108 Å². The third-order valence-corrected chi connectivity index (χ3v) is 3.11. The molecule has 0 aromatic carbocycles. The number of methoxy groups -OCH3 is 1. The van der Waals surface area contributed by atoms with Gasteiger partial charge in [0, 0.05) is 19.2 Å². The van der Waals surface area contributed by atoms with E-state index >= 15 is 0 Å². The molecular weight excluding hydrogens is 258 g/mol. The molecule has 1 amide bonds. The minimum Gasteiger partial charge on any atom is -0.468 e. The number of hydrogen-bond acceptors (Lipinski definition) is 7. The lowest BCUT2D eigenvalue weighted by molar-refractivity contribution is -0.141. The van der Waals surface area contributed by atoms with Crippen molar-refractivity contribution in [2.45, 2.75) is 24.5 Å². The molecule has 1 rings (SSSR count). The Bertz CT molecular complexity index is 409. The van der Waals surface area contributed by atoms with Crippen molar-refractivity contribution in [2.24, 2.45) is 0 Å². The number of hydrogen-bond donors (Lipinski definition) is 1. The summed E-state index contributed by atoms with van der Waals surface area (Å²) in [5.41, 5.74) is 0. The van der Waals surface area contributed by atoms with E-state index in [1.165, 1.54) is 23.6 Å². The van der Waals surface area contributed by atoms with Crippen molar-refractivity contribution in [1.82, 2.24) is 25.5 Å². The van der Waals surface area contributed by atoms with Gasteiger partial charge in [0.1, 0.15) is 6.54 Å². The summed E-state index contributed by atoms with van der Waals surface area (Å²) in [5, 5.41) is 14.1. The lowest BCUT2D eigenvalue weighted by Crippen LogP contribution is -2.17. The van der Waals surface area contributed by atoms with Crippen molar-refractivity contribution in [3.8, 4) is 0 Å². The fourth-order valence-corrected chi connectivity index (χ4v) is 1.92. The van der Waals surface area contributed by atoms with Crippen molar-refractivity contribution in [1.29, 1.82) is 0 Å². The quantitative estimate of drug-likeness (QED) is 0.405. The Balaban J connectivity index is 2.36. The Morgan fingerprint density at radius 2 is 2.28 bits per heavy atom. The Kier molecular flexibility index (Phi) is 6.12. The molecule has 0 saturated carbocycles. The molecule has 18 heavy (non-hydrogen) atoms. The normalized spacial score (nSPS) is 10.1. The van der Waals surface area contributed by atoms with E-state index in [-0.39, 0.29) is 12.5 Å². The molecule has 1 aromatic heterocycles. The van der Waals surface area contributed by atoms with Gasteiger partial charge in [0.25, 0.3) is 0 Å². The molecule has 1 heterocycles. The average Bonchev–Trinajstić information content (AvgIpc) is 2.81. The summed E-state index contributed by atoms with van der Waals surface area (Å²) in [5.74, 6) is 0.300. The number of tetrazole rings is 1. The number of nitrogens with zero attached hydrogens (tertiary/aromatic N) is 4. The number of carbonyl (C=O) groups excluding carboxylic acids is 2. The average molecular weight is 273 g/mol. The van der Waals surface area contributed by atoms with Crippen LogP contribution in [-0.2, 0) is 20.9 Å². The zero-order chi connectivity index (χ0) is 13.4. The molecule has 0 aliphatic carbocycles. The molecule has 0 fully saturated rings. The van der Waals surface area contributed by atoms with Gasteiger partial charge in [0.05, 0.1) is 7.11 Å². The largest absolute Gasteiger partial charge is 0.468 e. The molecule has 1 aromatic rings. The third-order valence-electron chi connectivity index (χ3n) is 2.06. The number of thioether (sulfide) groups is 1. The van der Waals surface area contributed by atoms with E-state index in [9.17, 15) is 9.59 Å². The van der Waals surface area contributed by atoms with E-state index < -0.39 is 5.97 Å². The van der Waals surface area contributed by atoms with Crippen LogP contribution in [0.1, 0.15) is 12.8 Å². The maximum Gasteiger partial charge on any atom is 0.327 e. The smallest absolute Gasteiger partial charge is 0.327 e. The highest BCUT2D eigenvalue weighted by molar-refractivity contribution is 7.99. The summed E-state index contributed by atoms with van der Waals surface area (Å²) in [6, 6.07) is 0. The van der Waals surface area contributed by atoms with Crippen LogP contribution >= 0.6 is 11.8 Å². The predicted octanol–water partition coefficient (Wildman–Crippen LogP) is -0.536. The summed E-state index contributed by atoms with van der Waals surface area (Å²) in [6.07, 6.45) is 1.18. The van der Waals surface area contributed by atoms with Gasteiger partial charge in [0.15, 0.2) is 0 Å². The minimum absolute atomic E-state index is 0.00440. The van der Waals surface area contributed by atoms with Gasteiger partial charge in [-0.05, 0) is 16.8 Å². The van der Waals surface area contributed by atoms with Crippen molar-refractivity contribution < 1.29 is 14.3 Å². The third kappa shape index (κ3) is 4.70. The van der Waals surface area contributed by atoms with E-state index in [4.69, 9.17) is 0 Å². The molecule has 9 heteroatoms. The highest BCUT2D eigenvalue weighted by atomic mass is 32.2. The lowest BCUT2D eigenvalue weighted by Gasteiger charge is -2.02. The molecular formula is C9H15N5O3S. The summed E-state index contributed by atoms with van der Waals surface area (Å²) < 4.78 is 5.90. The maximum absolute atomic E-state index is 11.1. The van der Waals surface area contributed by atoms with Crippen molar-refractivity contribution in [2.75, 3.05) is 19.9 Å². The summed E-state index contributed by atoms with van der Waals surface area (Å²) in [4.78, 5) is 22.1. The highest BCUT2D eigenvalue weighted by Crippen LogP contribution is 2.15. The molecule has 8 nitrogen and oxygen atoms in total. The van der Waals surface area contributed by atoms with Gasteiger partial charge < -0.3 is 10.1 Å². The van der Waals surface area contributed by atoms with Gasteiger partial charge in [-0.15, -0.1) is 5.10 Å². The van der Waals surface area contributed by atoms with Crippen LogP contribution in [0.25, 0.3) is 0 Å². The van der Waals surface area contributed by atoms with Crippen LogP contribution in [0, 0.1) is 0 Å². The van der Waals surface area contributed by atoms with Crippen LogP contribution in [0.4, 0.5) is 0 Å². The zero-order valence-electron chi connectivity index (χ0n) is 10.3. The van der Waals surface area contributed by atoms with Crippen LogP contribution in [0.2, 0.25) is 0 Å². The van der Waals surface area contributed by atoms with Crippen LogP contribution in [0.5, 0.6) is 0 Å². The van der Waals surface area contributed by atoms with Crippen molar-refractivity contribution >= 4 is 23.6 Å². The number of nitrogens with one attached hydrogen (secondary N) is 1. The second-order valence-electron chi connectivity index (χ2n) is 3.32. The molecule has 0 bridgehead atoms. The Morgan fingerprint density at radius 1 is 1.50 bits per heavy atom. The number of esters is 1. The summed E-state index contributed by atoms with van der Waals surface area (Å²) >= 11 is 1.40. The van der Waals surface area contributed by atoms with Gasteiger partial charge >= 0.3 is 5.97 Å². The van der Waals surface area contributed by atoms with Crippen LogP contribution in [-0.4, -0.2) is 52.0 Å². The van der Waals surface area contributed by atoms with Gasteiger partial charge in [-0.25, -0.2) is 4.68 Å². The molecule has 0 aliphatic rings. The fraction of sp³-hybridized carbons (Fsp3) is 0.667. The minimum atomic E-state index is -0.408. The van der Waals surface area contributed by atoms with E-state index in [1.807, 2.05) is 0 Å². The zero-order valence-corrected chi connectivity index (χ0v) is 11.1. The standard InChI is InChI=1S/C9H15N5O3S/c1-10-7(15)4-3-5-18-9-11-12-13-14(9)6-8(16)17-2/h3-6H2,1-2H3,(H,10,15). The molecule has 0 unspecified atom stereocenters. The number of rotatable bonds is 7. The molecule has 0 radical (unpaired) electrons. The molecule has 0 saturated heterocycles. The topological polar surface area (TPSA) is 99.0 Å². The van der Waals surface area contributed by atoms with Gasteiger partial charge in [-0.2, -0.15) is 0 Å². The molecule has 100 valence electrons. The molecule has 0 atom stereocenters. The summed E-state index contributed by atoms with van der Waals surface area (Å²) in [7, 11) is 2.91. The van der Waals surface area contributed by atoms with Gasteiger partial charge in [-0.1, -0.05) is 11.8 Å². The fourth-order valence-electron chi connectivity index (χ4n) is 1.11. The van der Waals surface area contributed by atoms with Crippen LogP contribution < -0.4 is 5.32 Å². The van der Waals surface area contributed by atoms with Crippen molar-refractivity contribution in [3.63, 3.8) is 0 Å². The van der Waals surface area contributed by atoms with E-state index in [0.29, 0.717) is 17.3 Å². The predicted molar refractivity (Wildman–Crippen MR) is 63.9 cm³/mol. The second-order valence-corrected chi connectivity index (χ2v) is 4.38. The molecule has 0 spiro atoms.